The van der Waals surface area contributed by atoms with Gasteiger partial charge in [0.15, 0.2) is 0 Å². The van der Waals surface area contributed by atoms with E-state index in [2.05, 4.69) is 15.6 Å². The number of hydrogen-bond acceptors (Lipinski definition) is 5. The molecule has 0 unspecified atom stereocenters. The zero-order valence-electron chi connectivity index (χ0n) is 9.69. The van der Waals surface area contributed by atoms with Gasteiger partial charge in [-0.05, 0) is 12.5 Å². The maximum absolute atomic E-state index is 11.0. The minimum atomic E-state index is -0.498. The van der Waals surface area contributed by atoms with Gasteiger partial charge in [0.2, 0.25) is 11.7 Å². The largest absolute Gasteiger partial charge is 0.364 e. The van der Waals surface area contributed by atoms with E-state index in [1.165, 1.54) is 19.3 Å². The van der Waals surface area contributed by atoms with E-state index in [-0.39, 0.29) is 23.8 Å². The van der Waals surface area contributed by atoms with Crippen molar-refractivity contribution in [2.75, 3.05) is 18.9 Å². The predicted molar refractivity (Wildman–Crippen MR) is 62.8 cm³/mol. The van der Waals surface area contributed by atoms with E-state index in [4.69, 9.17) is 0 Å². The molecule has 7 heteroatoms. The molecule has 0 aromatic carbocycles. The van der Waals surface area contributed by atoms with Crippen molar-refractivity contribution in [3.63, 3.8) is 0 Å². The van der Waals surface area contributed by atoms with Crippen molar-refractivity contribution in [1.82, 2.24) is 10.3 Å². The van der Waals surface area contributed by atoms with Crippen LogP contribution in [0.1, 0.15) is 12.0 Å². The Labute approximate surface area is 98.4 Å². The summed E-state index contributed by atoms with van der Waals surface area (Å²) in [5, 5.41) is 16.0. The van der Waals surface area contributed by atoms with Crippen LogP contribution in [-0.2, 0) is 4.79 Å². The summed E-state index contributed by atoms with van der Waals surface area (Å²) in [5.41, 5.74) is 0.635. The normalized spacial score (nSPS) is 9.76. The average Bonchev–Trinajstić information content (AvgIpc) is 2.30. The highest BCUT2D eigenvalue weighted by Gasteiger charge is 2.14. The fourth-order valence-corrected chi connectivity index (χ4v) is 1.25. The van der Waals surface area contributed by atoms with Gasteiger partial charge in [0.25, 0.3) is 0 Å². The highest BCUT2D eigenvalue weighted by Crippen LogP contribution is 2.22. The third-order valence-corrected chi connectivity index (χ3v) is 2.12. The molecule has 0 bridgehead atoms. The van der Waals surface area contributed by atoms with Crippen molar-refractivity contribution in [3.8, 4) is 0 Å². The highest BCUT2D eigenvalue weighted by molar-refractivity contribution is 5.76. The van der Waals surface area contributed by atoms with E-state index in [9.17, 15) is 14.9 Å². The number of amides is 1. The van der Waals surface area contributed by atoms with Gasteiger partial charge in [-0.3, -0.25) is 14.9 Å². The molecule has 17 heavy (non-hydrogen) atoms. The van der Waals surface area contributed by atoms with Gasteiger partial charge in [-0.2, -0.15) is 0 Å². The number of pyridine rings is 1. The summed E-state index contributed by atoms with van der Waals surface area (Å²) in [5.74, 6) is 0.0526. The number of carbonyl (C=O) groups excluding carboxylic acids is 1. The number of hydrogen-bond donors (Lipinski definition) is 2. The second kappa shape index (κ2) is 5.78. The van der Waals surface area contributed by atoms with Gasteiger partial charge in [-0.15, -0.1) is 0 Å². The molecule has 2 N–H and O–H groups in total. The number of rotatable bonds is 5. The molecule has 0 aliphatic rings. The van der Waals surface area contributed by atoms with Gasteiger partial charge >= 0.3 is 5.69 Å². The maximum atomic E-state index is 11.0. The molecule has 0 radical (unpaired) electrons. The van der Waals surface area contributed by atoms with Gasteiger partial charge in [0, 0.05) is 32.3 Å². The Bertz CT molecular complexity index is 434. The van der Waals surface area contributed by atoms with Crippen LogP contribution in [-0.4, -0.2) is 29.4 Å². The Morgan fingerprint density at radius 1 is 1.59 bits per heavy atom. The van der Waals surface area contributed by atoms with Crippen LogP contribution in [0.5, 0.6) is 0 Å². The molecule has 1 aromatic rings. The fourth-order valence-electron chi connectivity index (χ4n) is 1.25. The van der Waals surface area contributed by atoms with Crippen molar-refractivity contribution in [1.29, 1.82) is 0 Å². The summed E-state index contributed by atoms with van der Waals surface area (Å²) in [7, 11) is 1.54. The van der Waals surface area contributed by atoms with Crippen LogP contribution < -0.4 is 10.6 Å². The van der Waals surface area contributed by atoms with Crippen LogP contribution in [0.3, 0.4) is 0 Å². The average molecular weight is 238 g/mol. The molecule has 1 aromatic heterocycles. The van der Waals surface area contributed by atoms with E-state index in [1.54, 1.807) is 6.92 Å². The molecule has 0 saturated carbocycles. The first-order valence-corrected chi connectivity index (χ1v) is 5.10. The van der Waals surface area contributed by atoms with E-state index < -0.39 is 4.92 Å². The molecule has 1 heterocycles. The molecular formula is C10H14N4O3. The smallest absolute Gasteiger partial charge is 0.311 e. The van der Waals surface area contributed by atoms with Crippen LogP contribution in [0.4, 0.5) is 11.5 Å². The molecule has 0 saturated heterocycles. The summed E-state index contributed by atoms with van der Waals surface area (Å²) in [6.07, 6.45) is 1.78. The first-order chi connectivity index (χ1) is 8.04. The minimum absolute atomic E-state index is 0.0816. The zero-order chi connectivity index (χ0) is 12.8. The number of carbonyl (C=O) groups is 1. The zero-order valence-corrected chi connectivity index (χ0v) is 9.69. The van der Waals surface area contributed by atoms with Crippen molar-refractivity contribution in [2.45, 2.75) is 13.3 Å². The van der Waals surface area contributed by atoms with Crippen molar-refractivity contribution < 1.29 is 9.72 Å². The Hall–Kier alpha value is -2.18. The predicted octanol–water partition coefficient (Wildman–Crippen LogP) is 0.846. The lowest BCUT2D eigenvalue weighted by Crippen LogP contribution is -2.21. The first-order valence-electron chi connectivity index (χ1n) is 5.10. The molecule has 1 amide bonds. The second-order valence-electron chi connectivity index (χ2n) is 3.49. The molecule has 1 rings (SSSR count). The van der Waals surface area contributed by atoms with Crippen LogP contribution in [0.25, 0.3) is 0 Å². The van der Waals surface area contributed by atoms with Crippen LogP contribution in [0, 0.1) is 17.0 Å². The minimum Gasteiger partial charge on any atom is -0.364 e. The number of nitrogens with one attached hydrogen (secondary N) is 2. The van der Waals surface area contributed by atoms with Crippen LogP contribution in [0.2, 0.25) is 0 Å². The third kappa shape index (κ3) is 3.71. The summed E-state index contributed by atoms with van der Waals surface area (Å²) in [4.78, 5) is 25.2. The topological polar surface area (TPSA) is 97.2 Å². The monoisotopic (exact) mass is 238 g/mol. The van der Waals surface area contributed by atoms with Crippen LogP contribution >= 0.6 is 0 Å². The summed E-state index contributed by atoms with van der Waals surface area (Å²) in [6, 6.07) is 1.44. The molecule has 7 nitrogen and oxygen atoms in total. The maximum Gasteiger partial charge on any atom is 0.311 e. The van der Waals surface area contributed by atoms with Crippen LogP contribution in [0.15, 0.2) is 12.3 Å². The second-order valence-corrected chi connectivity index (χ2v) is 3.49. The number of nitro groups is 1. The Balaban J connectivity index is 2.70. The van der Waals surface area contributed by atoms with Crippen molar-refractivity contribution in [3.05, 3.63) is 27.9 Å². The number of aromatic nitrogens is 1. The number of aryl methyl sites for hydroxylation is 1. The van der Waals surface area contributed by atoms with Gasteiger partial charge in [0.1, 0.15) is 0 Å². The van der Waals surface area contributed by atoms with Gasteiger partial charge in [0.05, 0.1) is 4.92 Å². The summed E-state index contributed by atoms with van der Waals surface area (Å²) >= 11 is 0. The Kier molecular flexibility index (Phi) is 4.38. The summed E-state index contributed by atoms with van der Waals surface area (Å²) in [6.45, 7) is 2.03. The quantitative estimate of drug-likeness (QED) is 0.585. The van der Waals surface area contributed by atoms with E-state index in [0.717, 1.165) is 0 Å². The Morgan fingerprint density at radius 2 is 2.29 bits per heavy atom. The van der Waals surface area contributed by atoms with Crippen molar-refractivity contribution >= 4 is 17.4 Å². The lowest BCUT2D eigenvalue weighted by Gasteiger charge is -2.05. The molecule has 0 fully saturated rings. The molecular weight excluding hydrogens is 224 g/mol. The van der Waals surface area contributed by atoms with Gasteiger partial charge < -0.3 is 10.6 Å². The third-order valence-electron chi connectivity index (χ3n) is 2.12. The molecule has 0 aliphatic carbocycles. The lowest BCUT2D eigenvalue weighted by molar-refractivity contribution is -0.384. The molecule has 0 aliphatic heterocycles. The SMILES string of the molecule is CNC(=O)CCNc1ncc(C)cc1[N+](=O)[O-]. The van der Waals surface area contributed by atoms with E-state index in [0.29, 0.717) is 12.1 Å². The van der Waals surface area contributed by atoms with Gasteiger partial charge in [-0.1, -0.05) is 0 Å². The van der Waals surface area contributed by atoms with Crippen molar-refractivity contribution in [2.24, 2.45) is 0 Å². The fraction of sp³-hybridized carbons (Fsp3) is 0.400. The highest BCUT2D eigenvalue weighted by atomic mass is 16.6. The molecule has 0 spiro atoms. The Morgan fingerprint density at radius 3 is 2.88 bits per heavy atom. The van der Waals surface area contributed by atoms with E-state index in [1.807, 2.05) is 0 Å². The van der Waals surface area contributed by atoms with Gasteiger partial charge in [-0.25, -0.2) is 4.98 Å². The first kappa shape index (κ1) is 12.9. The lowest BCUT2D eigenvalue weighted by atomic mass is 10.3. The standard InChI is InChI=1S/C10H14N4O3/c1-7-5-8(14(16)17)10(13-6-7)12-4-3-9(15)11-2/h5-6H,3-4H2,1-2H3,(H,11,15)(H,12,13). The number of nitrogens with zero attached hydrogens (tertiary/aromatic N) is 2. The number of anilines is 1. The van der Waals surface area contributed by atoms with E-state index >= 15 is 0 Å². The molecule has 0 atom stereocenters. The summed E-state index contributed by atoms with van der Waals surface area (Å²) < 4.78 is 0. The molecule has 92 valence electrons.